The van der Waals surface area contributed by atoms with Gasteiger partial charge in [-0.25, -0.2) is 0 Å². The zero-order valence-electron chi connectivity index (χ0n) is 12.7. The van der Waals surface area contributed by atoms with Gasteiger partial charge in [-0.3, -0.25) is 14.4 Å². The summed E-state index contributed by atoms with van der Waals surface area (Å²) in [6.07, 6.45) is 2.63. The van der Waals surface area contributed by atoms with Gasteiger partial charge in [0.15, 0.2) is 0 Å². The number of esters is 1. The van der Waals surface area contributed by atoms with Crippen LogP contribution in [0.4, 0.5) is 0 Å². The molecule has 0 radical (unpaired) electrons. The zero-order valence-corrected chi connectivity index (χ0v) is 13.5. The Morgan fingerprint density at radius 3 is 2.76 bits per heavy atom. The SMILES string of the molecule is COC(=O)C1(C)CCCCSC2C(NC(C)=O)C(=O)N2C1. The van der Waals surface area contributed by atoms with E-state index in [1.165, 1.54) is 14.0 Å². The number of nitrogens with zero attached hydrogens (tertiary/aromatic N) is 1. The van der Waals surface area contributed by atoms with Crippen molar-refractivity contribution in [1.82, 2.24) is 10.2 Å². The second kappa shape index (κ2) is 6.25. The summed E-state index contributed by atoms with van der Waals surface area (Å²) in [6.45, 7) is 3.62. The maximum absolute atomic E-state index is 12.3. The molecule has 0 aromatic rings. The molecule has 2 amide bonds. The molecule has 2 fully saturated rings. The van der Waals surface area contributed by atoms with Gasteiger partial charge in [0.2, 0.25) is 11.8 Å². The molecule has 0 spiro atoms. The van der Waals surface area contributed by atoms with Gasteiger partial charge in [-0.05, 0) is 25.5 Å². The fraction of sp³-hybridized carbons (Fsp3) is 0.786. The van der Waals surface area contributed by atoms with Crippen molar-refractivity contribution in [2.75, 3.05) is 19.4 Å². The van der Waals surface area contributed by atoms with E-state index < -0.39 is 11.5 Å². The van der Waals surface area contributed by atoms with E-state index in [4.69, 9.17) is 4.74 Å². The predicted molar refractivity (Wildman–Crippen MR) is 79.5 cm³/mol. The molecule has 3 unspecified atom stereocenters. The van der Waals surface area contributed by atoms with Gasteiger partial charge in [0.25, 0.3) is 0 Å². The van der Waals surface area contributed by atoms with Crippen LogP contribution < -0.4 is 5.32 Å². The number of carbonyl (C=O) groups is 3. The molecule has 0 bridgehead atoms. The lowest BCUT2D eigenvalue weighted by Gasteiger charge is -2.48. The van der Waals surface area contributed by atoms with Gasteiger partial charge >= 0.3 is 5.97 Å². The van der Waals surface area contributed by atoms with Gasteiger partial charge in [-0.2, -0.15) is 0 Å². The van der Waals surface area contributed by atoms with Gasteiger partial charge < -0.3 is 15.0 Å². The first-order valence-electron chi connectivity index (χ1n) is 7.16. The van der Waals surface area contributed by atoms with E-state index >= 15 is 0 Å². The van der Waals surface area contributed by atoms with Gasteiger partial charge in [-0.15, -0.1) is 11.8 Å². The topological polar surface area (TPSA) is 75.7 Å². The number of methoxy groups -OCH3 is 1. The maximum Gasteiger partial charge on any atom is 0.313 e. The summed E-state index contributed by atoms with van der Waals surface area (Å²) in [4.78, 5) is 37.2. The summed E-state index contributed by atoms with van der Waals surface area (Å²) in [5.41, 5.74) is -0.672. The fourth-order valence-electron chi connectivity index (χ4n) is 2.92. The highest BCUT2D eigenvalue weighted by Crippen LogP contribution is 2.38. The van der Waals surface area contributed by atoms with Crippen LogP contribution in [-0.4, -0.2) is 53.5 Å². The molecule has 3 atom stereocenters. The number of thioether (sulfide) groups is 1. The summed E-state index contributed by atoms with van der Waals surface area (Å²) in [6, 6.07) is -0.465. The van der Waals surface area contributed by atoms with E-state index in [0.29, 0.717) is 13.0 Å². The molecule has 2 aliphatic rings. The molecule has 2 saturated heterocycles. The van der Waals surface area contributed by atoms with Gasteiger partial charge in [0, 0.05) is 13.5 Å². The molecular formula is C14H22N2O4S. The van der Waals surface area contributed by atoms with Crippen molar-refractivity contribution in [3.8, 4) is 0 Å². The van der Waals surface area contributed by atoms with Crippen molar-refractivity contribution in [2.45, 2.75) is 44.5 Å². The molecule has 7 heteroatoms. The Hall–Kier alpha value is -1.24. The van der Waals surface area contributed by atoms with E-state index in [2.05, 4.69) is 5.32 Å². The number of carbonyl (C=O) groups excluding carboxylic acids is 3. The molecule has 21 heavy (non-hydrogen) atoms. The van der Waals surface area contributed by atoms with E-state index in [0.717, 1.165) is 18.6 Å². The van der Waals surface area contributed by atoms with E-state index in [9.17, 15) is 14.4 Å². The highest BCUT2D eigenvalue weighted by atomic mass is 32.2. The molecule has 0 aliphatic carbocycles. The van der Waals surface area contributed by atoms with Crippen LogP contribution in [0.1, 0.15) is 33.1 Å². The lowest BCUT2D eigenvalue weighted by molar-refractivity contribution is -0.160. The second-order valence-corrected chi connectivity index (χ2v) is 7.14. The highest BCUT2D eigenvalue weighted by Gasteiger charge is 2.52. The molecule has 0 aromatic heterocycles. The first kappa shape index (κ1) is 16.1. The number of nitrogens with one attached hydrogen (secondary N) is 1. The quantitative estimate of drug-likeness (QED) is 0.601. The summed E-state index contributed by atoms with van der Waals surface area (Å²) in [5, 5.41) is 2.62. The normalized spacial score (nSPS) is 32.9. The number of amides is 2. The summed E-state index contributed by atoms with van der Waals surface area (Å²) < 4.78 is 4.91. The minimum absolute atomic E-state index is 0.0801. The Bertz CT molecular complexity index is 456. The van der Waals surface area contributed by atoms with Gasteiger partial charge in [0.1, 0.15) is 11.4 Å². The van der Waals surface area contributed by atoms with Crippen molar-refractivity contribution in [2.24, 2.45) is 5.41 Å². The Morgan fingerprint density at radius 1 is 1.43 bits per heavy atom. The van der Waals surface area contributed by atoms with Crippen molar-refractivity contribution in [3.05, 3.63) is 0 Å². The van der Waals surface area contributed by atoms with Crippen LogP contribution in [0.15, 0.2) is 0 Å². The van der Waals surface area contributed by atoms with Crippen molar-refractivity contribution in [3.63, 3.8) is 0 Å². The van der Waals surface area contributed by atoms with Crippen LogP contribution in [-0.2, 0) is 19.1 Å². The molecule has 0 aromatic carbocycles. The third kappa shape index (κ3) is 3.17. The average molecular weight is 314 g/mol. The number of hydrogen-bond acceptors (Lipinski definition) is 5. The van der Waals surface area contributed by atoms with Gasteiger partial charge in [-0.1, -0.05) is 6.42 Å². The molecule has 6 nitrogen and oxygen atoms in total. The number of β-lactam (4-membered cyclic amide) rings is 1. The minimum Gasteiger partial charge on any atom is -0.469 e. The molecule has 118 valence electrons. The Morgan fingerprint density at radius 2 is 2.14 bits per heavy atom. The lowest BCUT2D eigenvalue weighted by atomic mass is 9.83. The van der Waals surface area contributed by atoms with Crippen LogP contribution in [0, 0.1) is 5.41 Å². The second-order valence-electron chi connectivity index (χ2n) is 5.92. The Balaban J connectivity index is 2.16. The smallest absolute Gasteiger partial charge is 0.313 e. The largest absolute Gasteiger partial charge is 0.469 e. The highest BCUT2D eigenvalue weighted by molar-refractivity contribution is 8.00. The standard InChI is InChI=1S/C14H22N2O4S/c1-9(17)15-10-11(18)16-8-14(2,13(19)20-3)6-4-5-7-21-12(10)16/h10,12H,4-8H2,1-3H3,(H,15,17). The zero-order chi connectivity index (χ0) is 15.6. The van der Waals surface area contributed by atoms with E-state index in [-0.39, 0.29) is 23.2 Å². The van der Waals surface area contributed by atoms with Crippen LogP contribution in [0.3, 0.4) is 0 Å². The average Bonchev–Trinajstić information content (AvgIpc) is 2.52. The number of hydrogen-bond donors (Lipinski definition) is 1. The Kier molecular flexibility index (Phi) is 4.81. The fourth-order valence-corrected chi connectivity index (χ4v) is 4.27. The molecule has 1 N–H and O–H groups in total. The molecule has 2 heterocycles. The number of fused-ring (bicyclic) bond motifs is 1. The molecular weight excluding hydrogens is 292 g/mol. The summed E-state index contributed by atoms with van der Waals surface area (Å²) in [7, 11) is 1.38. The molecule has 0 saturated carbocycles. The lowest BCUT2D eigenvalue weighted by Crippen LogP contribution is -2.70. The minimum atomic E-state index is -0.672. The number of rotatable bonds is 2. The maximum atomic E-state index is 12.3. The van der Waals surface area contributed by atoms with E-state index in [1.807, 2.05) is 6.92 Å². The monoisotopic (exact) mass is 314 g/mol. The van der Waals surface area contributed by atoms with Gasteiger partial charge in [0.05, 0.1) is 12.5 Å². The number of ether oxygens (including phenoxy) is 1. The third-order valence-electron chi connectivity index (χ3n) is 4.11. The summed E-state index contributed by atoms with van der Waals surface area (Å²) in [5.74, 6) is 0.328. The van der Waals surface area contributed by atoms with Crippen LogP contribution in [0.25, 0.3) is 0 Å². The first-order chi connectivity index (χ1) is 9.89. The van der Waals surface area contributed by atoms with Crippen LogP contribution in [0.2, 0.25) is 0 Å². The van der Waals surface area contributed by atoms with Crippen molar-refractivity contribution < 1.29 is 19.1 Å². The van der Waals surface area contributed by atoms with Crippen molar-refractivity contribution >= 4 is 29.5 Å². The van der Waals surface area contributed by atoms with Crippen LogP contribution >= 0.6 is 11.8 Å². The first-order valence-corrected chi connectivity index (χ1v) is 8.21. The van der Waals surface area contributed by atoms with E-state index in [1.54, 1.807) is 16.7 Å². The predicted octanol–water partition coefficient (Wildman–Crippen LogP) is 0.756. The Labute approximate surface area is 129 Å². The van der Waals surface area contributed by atoms with Crippen molar-refractivity contribution in [1.29, 1.82) is 0 Å². The third-order valence-corrected chi connectivity index (χ3v) is 5.50. The molecule has 2 rings (SSSR count). The van der Waals surface area contributed by atoms with Crippen LogP contribution in [0.5, 0.6) is 0 Å². The molecule has 2 aliphatic heterocycles. The summed E-state index contributed by atoms with van der Waals surface area (Å²) >= 11 is 1.67.